The molecule has 0 radical (unpaired) electrons. The summed E-state index contributed by atoms with van der Waals surface area (Å²) in [7, 11) is 0. The lowest BCUT2D eigenvalue weighted by atomic mass is 10.7. The summed E-state index contributed by atoms with van der Waals surface area (Å²) in [5, 5.41) is 0. The van der Waals surface area contributed by atoms with Gasteiger partial charge in [0.25, 0.3) is 0 Å². The Kier molecular flexibility index (Phi) is 7.74. The van der Waals surface area contributed by atoms with Crippen LogP contribution in [0.1, 0.15) is 0 Å². The summed E-state index contributed by atoms with van der Waals surface area (Å²) in [6.45, 7) is 0. The third-order valence-corrected chi connectivity index (χ3v) is 0.884. The van der Waals surface area contributed by atoms with Gasteiger partial charge in [-0.2, -0.15) is 0 Å². The minimum atomic E-state index is 0.467. The molecule has 0 saturated heterocycles. The predicted molar refractivity (Wildman–Crippen MR) is 40.8 cm³/mol. The lowest BCUT2D eigenvalue weighted by Crippen LogP contribution is -1.67. The highest BCUT2D eigenvalue weighted by atomic mass is 35.5. The van der Waals surface area contributed by atoms with Crippen LogP contribution < -0.4 is 0 Å². The Morgan fingerprint density at radius 1 is 1.00 bits per heavy atom. The van der Waals surface area contributed by atoms with Crippen molar-refractivity contribution in [3.63, 3.8) is 0 Å². The van der Waals surface area contributed by atoms with Crippen molar-refractivity contribution >= 4 is 23.2 Å². The van der Waals surface area contributed by atoms with Gasteiger partial charge < -0.3 is 4.74 Å². The van der Waals surface area contributed by atoms with Crippen molar-refractivity contribution in [3.05, 3.63) is 24.7 Å². The predicted octanol–water partition coefficient (Wildman–Crippen LogP) is 2.51. The summed E-state index contributed by atoms with van der Waals surface area (Å²) in [5.74, 6) is 0.934. The molecule has 9 heavy (non-hydrogen) atoms. The van der Waals surface area contributed by atoms with Crippen LogP contribution >= 0.6 is 23.2 Å². The van der Waals surface area contributed by atoms with Gasteiger partial charge in [0.05, 0.1) is 12.5 Å². The van der Waals surface area contributed by atoms with E-state index in [4.69, 9.17) is 27.9 Å². The molecular formula is C6H8Cl2O. The van der Waals surface area contributed by atoms with Crippen LogP contribution in [0.3, 0.4) is 0 Å². The zero-order valence-electron chi connectivity index (χ0n) is 4.89. The second-order valence-electron chi connectivity index (χ2n) is 1.19. The molecule has 0 fully saturated rings. The number of alkyl halides is 2. The summed E-state index contributed by atoms with van der Waals surface area (Å²) in [5.41, 5.74) is 0. The normalized spacial score (nSPS) is 11.3. The Morgan fingerprint density at radius 3 is 1.78 bits per heavy atom. The van der Waals surface area contributed by atoms with E-state index < -0.39 is 0 Å². The first-order valence-electron chi connectivity index (χ1n) is 2.49. The molecule has 3 heteroatoms. The molecule has 0 saturated carbocycles. The van der Waals surface area contributed by atoms with Gasteiger partial charge in [0.15, 0.2) is 0 Å². The summed E-state index contributed by atoms with van der Waals surface area (Å²) >= 11 is 10.6. The van der Waals surface area contributed by atoms with E-state index in [-0.39, 0.29) is 0 Å². The molecule has 52 valence electrons. The zero-order chi connectivity index (χ0) is 6.95. The van der Waals surface area contributed by atoms with Gasteiger partial charge in [0.2, 0.25) is 0 Å². The molecule has 0 amide bonds. The molecule has 0 aliphatic carbocycles. The molecule has 0 N–H and O–H groups in total. The second-order valence-corrected chi connectivity index (χ2v) is 1.81. The van der Waals surface area contributed by atoms with Gasteiger partial charge in [-0.1, -0.05) is 0 Å². The maximum Gasteiger partial charge on any atom is 0.0873 e. The van der Waals surface area contributed by atoms with E-state index in [9.17, 15) is 0 Å². The van der Waals surface area contributed by atoms with Crippen LogP contribution in [0.5, 0.6) is 0 Å². The largest absolute Gasteiger partial charge is 0.473 e. The fourth-order valence-corrected chi connectivity index (χ4v) is 0.375. The number of hydrogen-bond acceptors (Lipinski definition) is 1. The Balaban J connectivity index is 3.08. The second kappa shape index (κ2) is 7.86. The van der Waals surface area contributed by atoms with Gasteiger partial charge in [-0.15, -0.1) is 23.2 Å². The summed E-state index contributed by atoms with van der Waals surface area (Å²) in [6.07, 6.45) is 6.41. The molecule has 0 heterocycles. The molecule has 0 unspecified atom stereocenters. The van der Waals surface area contributed by atoms with Crippen molar-refractivity contribution < 1.29 is 4.74 Å². The standard InChI is InChI=1S/C6H8Cl2O/c7-3-1-5-9-6-2-4-8/h1-2,5-6H,3-4H2. The molecule has 0 aliphatic heterocycles. The van der Waals surface area contributed by atoms with E-state index >= 15 is 0 Å². The molecule has 0 aromatic heterocycles. The minimum absolute atomic E-state index is 0.467. The Bertz CT molecular complexity index is 87.2. The number of rotatable bonds is 4. The van der Waals surface area contributed by atoms with Crippen molar-refractivity contribution in [1.29, 1.82) is 0 Å². The number of ether oxygens (including phenoxy) is 1. The monoisotopic (exact) mass is 166 g/mol. The van der Waals surface area contributed by atoms with Crippen molar-refractivity contribution in [2.24, 2.45) is 0 Å². The summed E-state index contributed by atoms with van der Waals surface area (Å²) in [4.78, 5) is 0. The maximum absolute atomic E-state index is 5.30. The molecular weight excluding hydrogens is 159 g/mol. The minimum Gasteiger partial charge on any atom is -0.473 e. The van der Waals surface area contributed by atoms with E-state index in [0.29, 0.717) is 11.8 Å². The van der Waals surface area contributed by atoms with Gasteiger partial charge in [-0.05, 0) is 12.2 Å². The van der Waals surface area contributed by atoms with Crippen LogP contribution in [0.15, 0.2) is 24.7 Å². The third-order valence-electron chi connectivity index (χ3n) is 0.528. The Labute approximate surface area is 64.9 Å². The topological polar surface area (TPSA) is 9.23 Å². The van der Waals surface area contributed by atoms with E-state index in [1.54, 1.807) is 12.2 Å². The van der Waals surface area contributed by atoms with E-state index in [1.165, 1.54) is 12.5 Å². The molecule has 0 aromatic carbocycles. The quantitative estimate of drug-likeness (QED) is 0.461. The lowest BCUT2D eigenvalue weighted by Gasteiger charge is -1.85. The van der Waals surface area contributed by atoms with Crippen LogP contribution in [0.2, 0.25) is 0 Å². The van der Waals surface area contributed by atoms with Crippen LogP contribution in [0.25, 0.3) is 0 Å². The lowest BCUT2D eigenvalue weighted by molar-refractivity contribution is 0.401. The van der Waals surface area contributed by atoms with Crippen LogP contribution in [-0.2, 0) is 4.74 Å². The fraction of sp³-hybridized carbons (Fsp3) is 0.333. The molecule has 0 spiro atoms. The molecule has 0 atom stereocenters. The highest BCUT2D eigenvalue weighted by Crippen LogP contribution is 1.83. The molecule has 0 rings (SSSR count). The van der Waals surface area contributed by atoms with E-state index in [0.717, 1.165) is 0 Å². The van der Waals surface area contributed by atoms with Crippen LogP contribution in [0.4, 0.5) is 0 Å². The number of halogens is 2. The van der Waals surface area contributed by atoms with Gasteiger partial charge >= 0.3 is 0 Å². The van der Waals surface area contributed by atoms with Gasteiger partial charge in [0, 0.05) is 11.8 Å². The summed E-state index contributed by atoms with van der Waals surface area (Å²) in [6, 6.07) is 0. The smallest absolute Gasteiger partial charge is 0.0873 e. The zero-order valence-corrected chi connectivity index (χ0v) is 6.40. The number of hydrogen-bond donors (Lipinski definition) is 0. The van der Waals surface area contributed by atoms with Crippen molar-refractivity contribution in [1.82, 2.24) is 0 Å². The van der Waals surface area contributed by atoms with Crippen LogP contribution in [-0.4, -0.2) is 11.8 Å². The molecule has 0 aliphatic rings. The van der Waals surface area contributed by atoms with E-state index in [2.05, 4.69) is 0 Å². The SMILES string of the molecule is ClCC=COC=CCCl. The van der Waals surface area contributed by atoms with Gasteiger partial charge in [-0.3, -0.25) is 0 Å². The fourth-order valence-electron chi connectivity index (χ4n) is 0.229. The van der Waals surface area contributed by atoms with Crippen LogP contribution in [0, 0.1) is 0 Å². The first-order valence-corrected chi connectivity index (χ1v) is 3.56. The Morgan fingerprint density at radius 2 is 1.44 bits per heavy atom. The summed E-state index contributed by atoms with van der Waals surface area (Å²) < 4.78 is 4.78. The first kappa shape index (κ1) is 8.86. The van der Waals surface area contributed by atoms with Crippen molar-refractivity contribution in [2.45, 2.75) is 0 Å². The maximum atomic E-state index is 5.30. The highest BCUT2D eigenvalue weighted by Gasteiger charge is 1.68. The third kappa shape index (κ3) is 7.86. The van der Waals surface area contributed by atoms with Gasteiger partial charge in [-0.25, -0.2) is 0 Å². The average Bonchev–Trinajstić information content (AvgIpc) is 1.89. The van der Waals surface area contributed by atoms with Crippen molar-refractivity contribution in [3.8, 4) is 0 Å². The van der Waals surface area contributed by atoms with Crippen molar-refractivity contribution in [2.75, 3.05) is 11.8 Å². The Hall–Kier alpha value is -0.140. The van der Waals surface area contributed by atoms with E-state index in [1.807, 2.05) is 0 Å². The molecule has 0 aromatic rings. The average molecular weight is 167 g/mol. The highest BCUT2D eigenvalue weighted by molar-refractivity contribution is 6.19. The molecule has 0 bridgehead atoms. The number of allylic oxidation sites excluding steroid dienone is 2. The van der Waals surface area contributed by atoms with Gasteiger partial charge in [0.1, 0.15) is 0 Å². The molecule has 1 nitrogen and oxygen atoms in total. The first-order chi connectivity index (χ1) is 4.41.